The van der Waals surface area contributed by atoms with Gasteiger partial charge >= 0.3 is 0 Å². The van der Waals surface area contributed by atoms with Crippen LogP contribution in [0.25, 0.3) is 16.8 Å². The maximum absolute atomic E-state index is 6.80. The number of hydrogen-bond donors (Lipinski definition) is 1. The van der Waals surface area contributed by atoms with Crippen molar-refractivity contribution in [3.8, 4) is 5.75 Å². The Morgan fingerprint density at radius 1 is 0.975 bits per heavy atom. The van der Waals surface area contributed by atoms with Crippen LogP contribution in [-0.4, -0.2) is 56.6 Å². The van der Waals surface area contributed by atoms with E-state index in [9.17, 15) is 0 Å². The van der Waals surface area contributed by atoms with Crippen LogP contribution in [0.4, 0.5) is 11.6 Å². The summed E-state index contributed by atoms with van der Waals surface area (Å²) in [7, 11) is 0. The third-order valence-corrected chi connectivity index (χ3v) is 10.8. The molecular formula is C30H30N8OS. The van der Waals surface area contributed by atoms with Gasteiger partial charge in [-0.2, -0.15) is 0 Å². The molecule has 2 fully saturated rings. The fourth-order valence-electron chi connectivity index (χ4n) is 7.51. The van der Waals surface area contributed by atoms with Crippen molar-refractivity contribution in [3.05, 3.63) is 60.2 Å². The lowest BCUT2D eigenvalue weighted by Gasteiger charge is -2.42. The standard InChI is InChI=1S/C30H30N8OS/c31-26-19-4-1-10-32-20(19)15-30(26)8-13-36(14-9-30)27-21-16-34-28-23(5-6-24(35-27)38(21)28)40-22-7-11-33-29-25(22)39-17-18-3-2-12-37(18)29/h1,4-7,10-11,16,18,26H,2-3,8-9,12-15,17,31H2/t18-,26+/m0/s1. The van der Waals surface area contributed by atoms with Gasteiger partial charge in [0, 0.05) is 43.8 Å². The average Bonchev–Trinajstić information content (AvgIpc) is 3.77. The molecule has 3 aliphatic heterocycles. The number of rotatable bonds is 3. The van der Waals surface area contributed by atoms with Gasteiger partial charge in [-0.1, -0.05) is 17.8 Å². The number of pyridine rings is 3. The van der Waals surface area contributed by atoms with Crippen molar-refractivity contribution >= 4 is 40.2 Å². The predicted molar refractivity (Wildman–Crippen MR) is 155 cm³/mol. The Balaban J connectivity index is 1.01. The van der Waals surface area contributed by atoms with Crippen LogP contribution < -0.4 is 20.3 Å². The third kappa shape index (κ3) is 3.20. The van der Waals surface area contributed by atoms with Gasteiger partial charge in [0.25, 0.3) is 0 Å². The minimum Gasteiger partial charge on any atom is -0.486 e. The smallest absolute Gasteiger partial charge is 0.175 e. The number of piperidine rings is 1. The van der Waals surface area contributed by atoms with E-state index < -0.39 is 0 Å². The molecule has 0 saturated carbocycles. The largest absolute Gasteiger partial charge is 0.486 e. The number of fused-ring (bicyclic) bond motifs is 4. The predicted octanol–water partition coefficient (Wildman–Crippen LogP) is 4.47. The summed E-state index contributed by atoms with van der Waals surface area (Å²) in [4.78, 5) is 26.3. The first-order valence-corrected chi connectivity index (χ1v) is 15.1. The molecule has 1 spiro atoms. The molecule has 0 unspecified atom stereocenters. The monoisotopic (exact) mass is 550 g/mol. The second kappa shape index (κ2) is 8.44. The summed E-state index contributed by atoms with van der Waals surface area (Å²) >= 11 is 1.70. The molecule has 2 N–H and O–H groups in total. The first kappa shape index (κ1) is 23.1. The fourth-order valence-corrected chi connectivity index (χ4v) is 8.49. The summed E-state index contributed by atoms with van der Waals surface area (Å²) in [5, 5.41) is 0. The van der Waals surface area contributed by atoms with Gasteiger partial charge in [-0.15, -0.1) is 0 Å². The van der Waals surface area contributed by atoms with Crippen molar-refractivity contribution in [2.75, 3.05) is 36.0 Å². The van der Waals surface area contributed by atoms with Crippen LogP contribution in [0.15, 0.2) is 58.7 Å². The van der Waals surface area contributed by atoms with E-state index in [4.69, 9.17) is 25.4 Å². The van der Waals surface area contributed by atoms with Gasteiger partial charge in [0.05, 0.1) is 22.0 Å². The van der Waals surface area contributed by atoms with Crippen LogP contribution in [0.1, 0.15) is 43.0 Å². The van der Waals surface area contributed by atoms with Crippen LogP contribution in [0, 0.1) is 5.41 Å². The summed E-state index contributed by atoms with van der Waals surface area (Å²) in [5.41, 5.74) is 12.2. The molecule has 2 saturated heterocycles. The second-order valence-corrected chi connectivity index (χ2v) is 12.8. The Morgan fingerprint density at radius 3 is 2.80 bits per heavy atom. The average molecular weight is 551 g/mol. The first-order valence-electron chi connectivity index (χ1n) is 14.3. The van der Waals surface area contributed by atoms with Gasteiger partial charge in [0.2, 0.25) is 0 Å². The maximum atomic E-state index is 6.80. The number of hydrogen-bond acceptors (Lipinski definition) is 9. The Morgan fingerprint density at radius 2 is 1.90 bits per heavy atom. The van der Waals surface area contributed by atoms with Gasteiger partial charge in [0.15, 0.2) is 23.0 Å². The molecule has 5 aromatic rings. The molecule has 4 aliphatic rings. The van der Waals surface area contributed by atoms with Gasteiger partial charge in [0.1, 0.15) is 17.8 Å². The van der Waals surface area contributed by atoms with Crippen molar-refractivity contribution < 1.29 is 4.74 Å². The van der Waals surface area contributed by atoms with Crippen molar-refractivity contribution in [1.82, 2.24) is 24.3 Å². The Labute approximate surface area is 236 Å². The lowest BCUT2D eigenvalue weighted by molar-refractivity contribution is 0.187. The number of imidazole rings is 2. The van der Waals surface area contributed by atoms with E-state index in [1.807, 2.05) is 24.7 Å². The fraction of sp³-hybridized carbons (Fsp3) is 0.400. The van der Waals surface area contributed by atoms with Crippen molar-refractivity contribution in [2.24, 2.45) is 11.1 Å². The van der Waals surface area contributed by atoms with E-state index in [1.54, 1.807) is 11.8 Å². The Hall–Kier alpha value is -3.63. The molecule has 0 bridgehead atoms. The lowest BCUT2D eigenvalue weighted by Crippen LogP contribution is -2.44. The molecule has 0 aromatic carbocycles. The normalized spacial score (nSPS) is 23.1. The van der Waals surface area contributed by atoms with Crippen LogP contribution in [0.2, 0.25) is 0 Å². The van der Waals surface area contributed by atoms with Crippen LogP contribution in [0.3, 0.4) is 0 Å². The van der Waals surface area contributed by atoms with Gasteiger partial charge < -0.3 is 20.3 Å². The summed E-state index contributed by atoms with van der Waals surface area (Å²) in [6, 6.07) is 11.0. The third-order valence-electron chi connectivity index (χ3n) is 9.68. The zero-order valence-corrected chi connectivity index (χ0v) is 23.0. The van der Waals surface area contributed by atoms with E-state index in [-0.39, 0.29) is 11.5 Å². The Kier molecular flexibility index (Phi) is 4.88. The highest BCUT2D eigenvalue weighted by molar-refractivity contribution is 7.99. The number of nitrogens with two attached hydrogens (primary N) is 1. The van der Waals surface area contributed by atoms with Gasteiger partial charge in [-0.25, -0.2) is 15.0 Å². The number of anilines is 2. The highest BCUT2D eigenvalue weighted by Gasteiger charge is 2.47. The lowest BCUT2D eigenvalue weighted by atomic mass is 9.73. The molecule has 9 nitrogen and oxygen atoms in total. The van der Waals surface area contributed by atoms with Gasteiger partial charge in [-0.3, -0.25) is 9.38 Å². The number of nitrogens with zero attached hydrogens (tertiary/aromatic N) is 7. The molecule has 10 heteroatoms. The summed E-state index contributed by atoms with van der Waals surface area (Å²) < 4.78 is 8.47. The van der Waals surface area contributed by atoms with Crippen molar-refractivity contribution in [3.63, 3.8) is 0 Å². The molecule has 1 aliphatic carbocycles. The molecule has 5 aromatic heterocycles. The number of aromatic nitrogens is 5. The van der Waals surface area contributed by atoms with E-state index >= 15 is 0 Å². The molecular weight excluding hydrogens is 520 g/mol. The van der Waals surface area contributed by atoms with E-state index in [1.165, 1.54) is 24.1 Å². The maximum Gasteiger partial charge on any atom is 0.175 e. The molecule has 9 rings (SSSR count). The highest BCUT2D eigenvalue weighted by Crippen LogP contribution is 2.51. The first-order chi connectivity index (χ1) is 19.7. The molecule has 0 amide bonds. The minimum atomic E-state index is 0.0570. The van der Waals surface area contributed by atoms with E-state index in [2.05, 4.69) is 43.4 Å². The summed E-state index contributed by atoms with van der Waals surface area (Å²) in [5.74, 6) is 2.90. The molecule has 202 valence electrons. The highest BCUT2D eigenvalue weighted by atomic mass is 32.2. The van der Waals surface area contributed by atoms with Gasteiger partial charge in [-0.05, 0) is 67.3 Å². The SMILES string of the molecule is N[C@@H]1c2cccnc2CC12CCN(c1nc3ccc(Sc4ccnc5c4OC[C@@H]4CCCN54)c4ncc1n34)CC2. The van der Waals surface area contributed by atoms with Crippen molar-refractivity contribution in [1.29, 1.82) is 0 Å². The minimum absolute atomic E-state index is 0.0570. The van der Waals surface area contributed by atoms with Crippen molar-refractivity contribution in [2.45, 2.75) is 54.0 Å². The molecule has 2 atom stereocenters. The van der Waals surface area contributed by atoms with E-state index in [0.29, 0.717) is 6.04 Å². The summed E-state index contributed by atoms with van der Waals surface area (Å²) in [6.45, 7) is 3.65. The van der Waals surface area contributed by atoms with Crippen LogP contribution >= 0.6 is 11.8 Å². The van der Waals surface area contributed by atoms with Crippen LogP contribution in [0.5, 0.6) is 5.75 Å². The second-order valence-electron chi connectivity index (χ2n) is 11.7. The van der Waals surface area contributed by atoms with Crippen LogP contribution in [-0.2, 0) is 6.42 Å². The van der Waals surface area contributed by atoms with E-state index in [0.717, 1.165) is 89.5 Å². The molecule has 40 heavy (non-hydrogen) atoms. The topological polar surface area (TPSA) is 97.7 Å². The quantitative estimate of drug-likeness (QED) is 0.349. The molecule has 8 heterocycles. The zero-order valence-electron chi connectivity index (χ0n) is 22.2. The summed E-state index contributed by atoms with van der Waals surface area (Å²) in [6.07, 6.45) is 11.2. The zero-order chi connectivity index (χ0) is 26.4. The molecule has 0 radical (unpaired) electrons. The Bertz CT molecular complexity index is 1760. The number of ether oxygens (including phenoxy) is 1.